The van der Waals surface area contributed by atoms with Crippen LogP contribution in [0.1, 0.15) is 42.5 Å². The number of carbonyl (C=O) groups is 1. The average molecular weight is 357 g/mol. The highest BCUT2D eigenvalue weighted by molar-refractivity contribution is 6.04. The van der Waals surface area contributed by atoms with Crippen molar-refractivity contribution >= 4 is 17.3 Å². The van der Waals surface area contributed by atoms with E-state index < -0.39 is 17.5 Å². The van der Waals surface area contributed by atoms with E-state index in [0.717, 1.165) is 43.6 Å². The van der Waals surface area contributed by atoms with Gasteiger partial charge in [-0.2, -0.15) is 0 Å². The predicted octanol–water partition coefficient (Wildman–Crippen LogP) is 4.91. The first-order valence-electron chi connectivity index (χ1n) is 8.75. The molecule has 0 aliphatic heterocycles. The van der Waals surface area contributed by atoms with Crippen molar-refractivity contribution in [3.63, 3.8) is 0 Å². The van der Waals surface area contributed by atoms with E-state index in [1.807, 2.05) is 0 Å². The second-order valence-electron chi connectivity index (χ2n) is 6.33. The molecule has 2 N–H and O–H groups in total. The lowest BCUT2D eigenvalue weighted by Crippen LogP contribution is -2.13. The molecule has 0 bridgehead atoms. The van der Waals surface area contributed by atoms with E-state index >= 15 is 0 Å². The number of hydrogen-bond donors (Lipinski definition) is 2. The first-order chi connectivity index (χ1) is 12.6. The number of nitrogens with one attached hydrogen (secondary N) is 2. The normalized spacial score (nSPS) is 13.8. The molecule has 1 aliphatic rings. The molecule has 0 spiro atoms. The van der Waals surface area contributed by atoms with Crippen molar-refractivity contribution in [1.29, 1.82) is 0 Å². The van der Waals surface area contributed by atoms with Gasteiger partial charge in [-0.1, -0.05) is 11.6 Å². The first kappa shape index (κ1) is 18.0. The summed E-state index contributed by atoms with van der Waals surface area (Å²) in [5.41, 5.74) is 2.76. The highest BCUT2D eigenvalue weighted by Gasteiger charge is 2.10. The molecule has 26 heavy (non-hydrogen) atoms. The molecule has 1 aliphatic carbocycles. The molecule has 3 rings (SSSR count). The molecule has 0 saturated heterocycles. The number of hydrogen-bond acceptors (Lipinski definition) is 3. The monoisotopic (exact) mass is 357 g/mol. The van der Waals surface area contributed by atoms with E-state index in [9.17, 15) is 13.6 Å². The number of pyridine rings is 1. The fourth-order valence-electron chi connectivity index (χ4n) is 2.94. The van der Waals surface area contributed by atoms with Crippen molar-refractivity contribution in [2.24, 2.45) is 0 Å². The summed E-state index contributed by atoms with van der Waals surface area (Å²) in [4.78, 5) is 16.4. The lowest BCUT2D eigenvalue weighted by Gasteiger charge is -2.13. The Hall–Kier alpha value is -2.76. The summed E-state index contributed by atoms with van der Waals surface area (Å²) in [7, 11) is 0. The zero-order chi connectivity index (χ0) is 18.4. The summed E-state index contributed by atoms with van der Waals surface area (Å²) in [6, 6.07) is 4.92. The van der Waals surface area contributed by atoms with Gasteiger partial charge in [0.1, 0.15) is 0 Å². The summed E-state index contributed by atoms with van der Waals surface area (Å²) in [6.07, 6.45) is 11.2. The Kier molecular flexibility index (Phi) is 5.94. The number of amides is 1. The molecule has 0 atom stereocenters. The number of nitrogens with zero attached hydrogens (tertiary/aromatic N) is 1. The third-order valence-corrected chi connectivity index (χ3v) is 4.34. The molecular formula is C20H21F2N3O. The topological polar surface area (TPSA) is 54.0 Å². The molecule has 2 aromatic rings. The third-order valence-electron chi connectivity index (χ3n) is 4.34. The van der Waals surface area contributed by atoms with Gasteiger partial charge in [-0.25, -0.2) is 8.78 Å². The van der Waals surface area contributed by atoms with Gasteiger partial charge in [-0.05, 0) is 50.3 Å². The van der Waals surface area contributed by atoms with Crippen molar-refractivity contribution in [3.05, 3.63) is 65.5 Å². The van der Waals surface area contributed by atoms with Crippen LogP contribution in [0.4, 0.5) is 20.2 Å². The van der Waals surface area contributed by atoms with Crippen LogP contribution < -0.4 is 10.6 Å². The van der Waals surface area contributed by atoms with Crippen LogP contribution in [0, 0.1) is 11.6 Å². The molecule has 1 aromatic heterocycles. The molecule has 1 amide bonds. The molecule has 0 unspecified atom stereocenters. The summed E-state index contributed by atoms with van der Waals surface area (Å²) in [5.74, 6) is -2.39. The lowest BCUT2D eigenvalue weighted by molar-refractivity contribution is 0.102. The number of rotatable bonds is 6. The third kappa shape index (κ3) is 4.88. The summed E-state index contributed by atoms with van der Waals surface area (Å²) >= 11 is 0. The van der Waals surface area contributed by atoms with E-state index in [2.05, 4.69) is 21.7 Å². The van der Waals surface area contributed by atoms with Gasteiger partial charge in [-0.15, -0.1) is 0 Å². The van der Waals surface area contributed by atoms with Crippen LogP contribution in [-0.4, -0.2) is 17.4 Å². The Morgan fingerprint density at radius 2 is 1.96 bits per heavy atom. The Morgan fingerprint density at radius 1 is 1.08 bits per heavy atom. The molecule has 0 fully saturated rings. The maximum atomic E-state index is 13.2. The van der Waals surface area contributed by atoms with E-state index in [0.29, 0.717) is 5.56 Å². The minimum atomic E-state index is -1.01. The summed E-state index contributed by atoms with van der Waals surface area (Å²) < 4.78 is 26.2. The highest BCUT2D eigenvalue weighted by Crippen LogP contribution is 2.20. The number of halogens is 2. The van der Waals surface area contributed by atoms with Crippen LogP contribution in [-0.2, 0) is 0 Å². The Balaban J connectivity index is 1.58. The molecule has 136 valence electrons. The van der Waals surface area contributed by atoms with Gasteiger partial charge in [0.25, 0.3) is 5.91 Å². The van der Waals surface area contributed by atoms with Crippen LogP contribution in [0.25, 0.3) is 0 Å². The number of anilines is 2. The van der Waals surface area contributed by atoms with Crippen molar-refractivity contribution in [1.82, 2.24) is 4.98 Å². The fourth-order valence-corrected chi connectivity index (χ4v) is 2.94. The van der Waals surface area contributed by atoms with E-state index in [4.69, 9.17) is 0 Å². The number of aromatic nitrogens is 1. The van der Waals surface area contributed by atoms with Crippen molar-refractivity contribution in [2.75, 3.05) is 17.2 Å². The Morgan fingerprint density at radius 3 is 2.73 bits per heavy atom. The van der Waals surface area contributed by atoms with Gasteiger partial charge in [0.05, 0.1) is 11.3 Å². The van der Waals surface area contributed by atoms with E-state index in [1.54, 1.807) is 12.3 Å². The minimum absolute atomic E-state index is 0.191. The second-order valence-corrected chi connectivity index (χ2v) is 6.33. The molecule has 0 saturated carbocycles. The summed E-state index contributed by atoms with van der Waals surface area (Å²) in [6.45, 7) is 0.780. The second kappa shape index (κ2) is 8.56. The maximum Gasteiger partial charge on any atom is 0.257 e. The Labute approximate surface area is 151 Å². The standard InChI is InChI=1S/C20H21F2N3O/c21-18-7-6-16(11-19(18)22)25-20(26)15-10-17(13-23-12-15)24-9-8-14-4-2-1-3-5-14/h4,6-7,10-13,24H,1-3,5,8-9H2,(H,25,26). The molecule has 6 heteroatoms. The van der Waals surface area contributed by atoms with Crippen LogP contribution in [0.15, 0.2) is 48.3 Å². The fraction of sp³-hybridized carbons (Fsp3) is 0.300. The Bertz CT molecular complexity index is 820. The quantitative estimate of drug-likeness (QED) is 0.722. The highest BCUT2D eigenvalue weighted by atomic mass is 19.2. The molecule has 1 heterocycles. The largest absolute Gasteiger partial charge is 0.383 e. The SMILES string of the molecule is O=C(Nc1ccc(F)c(F)c1)c1cncc(NCCC2=CCCCC2)c1. The number of carbonyl (C=O) groups excluding carboxylic acids is 1. The smallest absolute Gasteiger partial charge is 0.257 e. The summed E-state index contributed by atoms with van der Waals surface area (Å²) in [5, 5.41) is 5.81. The van der Waals surface area contributed by atoms with E-state index in [1.165, 1.54) is 30.7 Å². The van der Waals surface area contributed by atoms with Gasteiger partial charge in [0.15, 0.2) is 11.6 Å². The minimum Gasteiger partial charge on any atom is -0.383 e. The van der Waals surface area contributed by atoms with Crippen molar-refractivity contribution in [3.8, 4) is 0 Å². The van der Waals surface area contributed by atoms with Gasteiger partial charge >= 0.3 is 0 Å². The molecule has 0 radical (unpaired) electrons. The van der Waals surface area contributed by atoms with Crippen LogP contribution in [0.5, 0.6) is 0 Å². The van der Waals surface area contributed by atoms with Gasteiger partial charge in [0, 0.05) is 30.7 Å². The van der Waals surface area contributed by atoms with Crippen LogP contribution >= 0.6 is 0 Å². The molecule has 4 nitrogen and oxygen atoms in total. The van der Waals surface area contributed by atoms with Gasteiger partial charge in [0.2, 0.25) is 0 Å². The zero-order valence-corrected chi connectivity index (χ0v) is 14.4. The predicted molar refractivity (Wildman–Crippen MR) is 98.2 cm³/mol. The lowest BCUT2D eigenvalue weighted by atomic mass is 9.97. The maximum absolute atomic E-state index is 13.2. The van der Waals surface area contributed by atoms with Crippen molar-refractivity contribution in [2.45, 2.75) is 32.1 Å². The van der Waals surface area contributed by atoms with Crippen LogP contribution in [0.3, 0.4) is 0 Å². The van der Waals surface area contributed by atoms with Gasteiger partial charge in [-0.3, -0.25) is 9.78 Å². The van der Waals surface area contributed by atoms with E-state index in [-0.39, 0.29) is 5.69 Å². The zero-order valence-electron chi connectivity index (χ0n) is 14.4. The van der Waals surface area contributed by atoms with Crippen LogP contribution in [0.2, 0.25) is 0 Å². The van der Waals surface area contributed by atoms with Gasteiger partial charge < -0.3 is 10.6 Å². The number of allylic oxidation sites excluding steroid dienone is 1. The number of benzene rings is 1. The first-order valence-corrected chi connectivity index (χ1v) is 8.75. The molecule has 1 aromatic carbocycles. The van der Waals surface area contributed by atoms with Crippen molar-refractivity contribution < 1.29 is 13.6 Å². The average Bonchev–Trinajstić information content (AvgIpc) is 2.66. The molecular weight excluding hydrogens is 336 g/mol.